The van der Waals surface area contributed by atoms with Crippen molar-refractivity contribution in [3.8, 4) is 0 Å². The maximum Gasteiger partial charge on any atom is 0.329 e. The standard InChI is InChI=1S/C13H19NO4S/c1-4-10(2)19(17,18)14-13(3,12(15)16)11-8-6-5-7-9-11/h5-10,14H,4H2,1-3H3,(H,15,16). The maximum atomic E-state index is 12.1. The summed E-state index contributed by atoms with van der Waals surface area (Å²) >= 11 is 0. The van der Waals surface area contributed by atoms with Gasteiger partial charge in [-0.2, -0.15) is 4.72 Å². The lowest BCUT2D eigenvalue weighted by molar-refractivity contribution is -0.143. The number of carbonyl (C=O) groups is 1. The third-order valence-electron chi connectivity index (χ3n) is 3.23. The predicted octanol–water partition coefficient (Wildman–Crippen LogP) is 1.70. The van der Waals surface area contributed by atoms with Gasteiger partial charge < -0.3 is 5.11 Å². The number of nitrogens with one attached hydrogen (secondary N) is 1. The van der Waals surface area contributed by atoms with Crippen molar-refractivity contribution < 1.29 is 18.3 Å². The molecule has 5 nitrogen and oxygen atoms in total. The molecular weight excluding hydrogens is 266 g/mol. The van der Waals surface area contributed by atoms with Gasteiger partial charge in [0.05, 0.1) is 5.25 Å². The predicted molar refractivity (Wildman–Crippen MR) is 73.2 cm³/mol. The van der Waals surface area contributed by atoms with Crippen LogP contribution >= 0.6 is 0 Å². The average Bonchev–Trinajstić information content (AvgIpc) is 2.37. The van der Waals surface area contributed by atoms with E-state index >= 15 is 0 Å². The molecule has 6 heteroatoms. The second-order valence-electron chi connectivity index (χ2n) is 4.66. The number of benzene rings is 1. The normalized spacial score (nSPS) is 16.6. The quantitative estimate of drug-likeness (QED) is 0.833. The Bertz CT molecular complexity index is 541. The first-order valence-electron chi connectivity index (χ1n) is 6.05. The van der Waals surface area contributed by atoms with Gasteiger partial charge >= 0.3 is 5.97 Å². The second-order valence-corrected chi connectivity index (χ2v) is 6.76. The first-order valence-corrected chi connectivity index (χ1v) is 7.60. The van der Waals surface area contributed by atoms with Crippen molar-refractivity contribution in [2.45, 2.75) is 38.0 Å². The first kappa shape index (κ1) is 15.7. The van der Waals surface area contributed by atoms with Crippen molar-refractivity contribution in [3.05, 3.63) is 35.9 Å². The van der Waals surface area contributed by atoms with Crippen LogP contribution in [0.15, 0.2) is 30.3 Å². The van der Waals surface area contributed by atoms with E-state index < -0.39 is 26.8 Å². The minimum Gasteiger partial charge on any atom is -0.480 e. The summed E-state index contributed by atoms with van der Waals surface area (Å²) in [5.74, 6) is -1.23. The molecule has 0 aromatic heterocycles. The molecule has 0 fully saturated rings. The van der Waals surface area contributed by atoms with Gasteiger partial charge in [0.25, 0.3) is 0 Å². The third-order valence-corrected chi connectivity index (χ3v) is 5.32. The van der Waals surface area contributed by atoms with Gasteiger partial charge in [0.15, 0.2) is 5.54 Å². The van der Waals surface area contributed by atoms with Gasteiger partial charge in [0, 0.05) is 0 Å². The van der Waals surface area contributed by atoms with Crippen LogP contribution in [0.1, 0.15) is 32.8 Å². The fraction of sp³-hybridized carbons (Fsp3) is 0.462. The molecule has 1 aromatic carbocycles. The Balaban J connectivity index is 3.21. The minimum absolute atomic E-state index is 0.398. The number of aliphatic carboxylic acids is 1. The van der Waals surface area contributed by atoms with Gasteiger partial charge in [-0.15, -0.1) is 0 Å². The van der Waals surface area contributed by atoms with Crippen LogP contribution in [0.2, 0.25) is 0 Å². The van der Waals surface area contributed by atoms with E-state index in [0.29, 0.717) is 12.0 Å². The molecule has 2 N–H and O–H groups in total. The molecule has 1 rings (SSSR count). The van der Waals surface area contributed by atoms with Gasteiger partial charge in [0.2, 0.25) is 10.0 Å². The summed E-state index contributed by atoms with van der Waals surface area (Å²) in [5, 5.41) is 8.73. The zero-order chi connectivity index (χ0) is 14.7. The Morgan fingerprint density at radius 2 is 1.89 bits per heavy atom. The van der Waals surface area contributed by atoms with E-state index in [1.54, 1.807) is 44.2 Å². The molecule has 0 aliphatic rings. The summed E-state index contributed by atoms with van der Waals surface area (Å²) in [6, 6.07) is 8.28. The molecule has 0 spiro atoms. The van der Waals surface area contributed by atoms with E-state index in [1.165, 1.54) is 6.92 Å². The number of hydrogen-bond donors (Lipinski definition) is 2. The largest absolute Gasteiger partial charge is 0.480 e. The molecule has 19 heavy (non-hydrogen) atoms. The average molecular weight is 285 g/mol. The first-order chi connectivity index (χ1) is 8.74. The molecule has 0 heterocycles. The Labute approximate surface area is 113 Å². The number of carboxylic acids is 1. The molecule has 0 saturated carbocycles. The van der Waals surface area contributed by atoms with Crippen LogP contribution in [0, 0.1) is 0 Å². The lowest BCUT2D eigenvalue weighted by Crippen LogP contribution is -2.51. The van der Waals surface area contributed by atoms with Crippen LogP contribution in [0.4, 0.5) is 0 Å². The Hall–Kier alpha value is -1.40. The summed E-state index contributed by atoms with van der Waals surface area (Å²) in [4.78, 5) is 11.5. The molecule has 0 bridgehead atoms. The van der Waals surface area contributed by atoms with Crippen molar-refractivity contribution in [2.24, 2.45) is 0 Å². The lowest BCUT2D eigenvalue weighted by Gasteiger charge is -2.28. The van der Waals surface area contributed by atoms with Gasteiger partial charge in [-0.25, -0.2) is 13.2 Å². The van der Waals surface area contributed by atoms with Gasteiger partial charge in [0.1, 0.15) is 0 Å². The Morgan fingerprint density at radius 3 is 2.32 bits per heavy atom. The van der Waals surface area contributed by atoms with E-state index in [4.69, 9.17) is 0 Å². The van der Waals surface area contributed by atoms with Crippen molar-refractivity contribution in [2.75, 3.05) is 0 Å². The highest BCUT2D eigenvalue weighted by Crippen LogP contribution is 2.23. The highest BCUT2D eigenvalue weighted by atomic mass is 32.2. The zero-order valence-electron chi connectivity index (χ0n) is 11.3. The van der Waals surface area contributed by atoms with Crippen LogP contribution < -0.4 is 4.72 Å². The molecule has 2 unspecified atom stereocenters. The Morgan fingerprint density at radius 1 is 1.37 bits per heavy atom. The Kier molecular flexibility index (Phi) is 4.70. The van der Waals surface area contributed by atoms with E-state index in [0.717, 1.165) is 0 Å². The highest BCUT2D eigenvalue weighted by Gasteiger charge is 2.40. The van der Waals surface area contributed by atoms with E-state index in [1.807, 2.05) is 0 Å². The monoisotopic (exact) mass is 285 g/mol. The van der Waals surface area contributed by atoms with E-state index in [-0.39, 0.29) is 0 Å². The molecule has 0 aliphatic carbocycles. The number of carboxylic acid groups (broad SMARTS) is 1. The van der Waals surface area contributed by atoms with Crippen molar-refractivity contribution >= 4 is 16.0 Å². The van der Waals surface area contributed by atoms with Crippen LogP contribution in [0.3, 0.4) is 0 Å². The van der Waals surface area contributed by atoms with Crippen LogP contribution in [-0.4, -0.2) is 24.7 Å². The van der Waals surface area contributed by atoms with Crippen molar-refractivity contribution in [3.63, 3.8) is 0 Å². The summed E-state index contributed by atoms with van der Waals surface area (Å²) in [6.45, 7) is 4.64. The smallest absolute Gasteiger partial charge is 0.329 e. The zero-order valence-corrected chi connectivity index (χ0v) is 12.1. The molecule has 2 atom stereocenters. The summed E-state index contributed by atoms with van der Waals surface area (Å²) in [6.07, 6.45) is 0.416. The minimum atomic E-state index is -3.69. The number of sulfonamides is 1. The fourth-order valence-electron chi connectivity index (χ4n) is 1.60. The fourth-order valence-corrected chi connectivity index (χ4v) is 3.02. The van der Waals surface area contributed by atoms with Crippen LogP contribution in [-0.2, 0) is 20.4 Å². The van der Waals surface area contributed by atoms with E-state index in [9.17, 15) is 18.3 Å². The van der Waals surface area contributed by atoms with Gasteiger partial charge in [-0.3, -0.25) is 0 Å². The van der Waals surface area contributed by atoms with Crippen molar-refractivity contribution in [1.29, 1.82) is 0 Å². The molecule has 0 radical (unpaired) electrons. The van der Waals surface area contributed by atoms with Gasteiger partial charge in [-0.05, 0) is 25.8 Å². The second kappa shape index (κ2) is 5.71. The van der Waals surface area contributed by atoms with Crippen LogP contribution in [0.5, 0.6) is 0 Å². The van der Waals surface area contributed by atoms with Gasteiger partial charge in [-0.1, -0.05) is 37.3 Å². The molecule has 106 valence electrons. The highest BCUT2D eigenvalue weighted by molar-refractivity contribution is 7.90. The lowest BCUT2D eigenvalue weighted by atomic mass is 9.94. The molecule has 1 aromatic rings. The van der Waals surface area contributed by atoms with Crippen LogP contribution in [0.25, 0.3) is 0 Å². The van der Waals surface area contributed by atoms with Crippen molar-refractivity contribution in [1.82, 2.24) is 4.72 Å². The van der Waals surface area contributed by atoms with E-state index in [2.05, 4.69) is 4.72 Å². The number of rotatable bonds is 6. The molecule has 0 aliphatic heterocycles. The number of hydrogen-bond acceptors (Lipinski definition) is 3. The maximum absolute atomic E-state index is 12.1. The molecule has 0 amide bonds. The summed E-state index contributed by atoms with van der Waals surface area (Å²) in [7, 11) is -3.69. The topological polar surface area (TPSA) is 83.5 Å². The molecule has 0 saturated heterocycles. The molecular formula is C13H19NO4S. The summed E-state index contributed by atoms with van der Waals surface area (Å²) in [5.41, 5.74) is -1.27. The SMILES string of the molecule is CCC(C)S(=O)(=O)NC(C)(C(=O)O)c1ccccc1. The summed E-state index contributed by atoms with van der Waals surface area (Å²) < 4.78 is 26.5. The third kappa shape index (κ3) is 3.33.